The van der Waals surface area contributed by atoms with Crippen molar-refractivity contribution in [1.82, 2.24) is 10.3 Å². The van der Waals surface area contributed by atoms with E-state index in [1.54, 1.807) is 0 Å². The van der Waals surface area contributed by atoms with Gasteiger partial charge >= 0.3 is 0 Å². The zero-order valence-electron chi connectivity index (χ0n) is 11.5. The Bertz CT molecular complexity index is 409. The molecule has 3 rings (SSSR count). The van der Waals surface area contributed by atoms with E-state index in [1.807, 2.05) is 11.3 Å². The van der Waals surface area contributed by atoms with E-state index in [0.29, 0.717) is 0 Å². The molecule has 0 spiro atoms. The van der Waals surface area contributed by atoms with Crippen molar-refractivity contribution in [3.8, 4) is 0 Å². The Morgan fingerprint density at radius 1 is 1.22 bits per heavy atom. The van der Waals surface area contributed by atoms with E-state index in [-0.39, 0.29) is 0 Å². The van der Waals surface area contributed by atoms with Gasteiger partial charge < -0.3 is 5.32 Å². The Balaban J connectivity index is 1.78. The van der Waals surface area contributed by atoms with Gasteiger partial charge in [-0.2, -0.15) is 0 Å². The summed E-state index contributed by atoms with van der Waals surface area (Å²) >= 11 is 1.99. The highest BCUT2D eigenvalue weighted by Gasteiger charge is 2.32. The molecule has 0 bridgehead atoms. The molecule has 3 heteroatoms. The molecule has 1 aromatic rings. The molecule has 2 nitrogen and oxygen atoms in total. The standard InChI is InChI=1S/C15H24N2S/c1-3-16-9-13-14(11-6-7-11)17-15(18-13)12-5-4-10(2)8-12/h10-12,16H,3-9H2,1-2H3. The molecule has 0 aliphatic heterocycles. The zero-order chi connectivity index (χ0) is 12.5. The van der Waals surface area contributed by atoms with E-state index in [2.05, 4.69) is 19.2 Å². The summed E-state index contributed by atoms with van der Waals surface area (Å²) in [5.41, 5.74) is 1.44. The van der Waals surface area contributed by atoms with Crippen LogP contribution in [-0.2, 0) is 6.54 Å². The summed E-state index contributed by atoms with van der Waals surface area (Å²) in [6.45, 7) is 6.65. The van der Waals surface area contributed by atoms with Crippen molar-refractivity contribution >= 4 is 11.3 Å². The minimum Gasteiger partial charge on any atom is -0.312 e. The first-order valence-electron chi connectivity index (χ1n) is 7.48. The van der Waals surface area contributed by atoms with Crippen molar-refractivity contribution in [2.45, 2.75) is 64.3 Å². The number of rotatable bonds is 5. The predicted molar refractivity (Wildman–Crippen MR) is 77.2 cm³/mol. The first-order chi connectivity index (χ1) is 8.78. The monoisotopic (exact) mass is 264 g/mol. The van der Waals surface area contributed by atoms with Crippen molar-refractivity contribution in [3.05, 3.63) is 15.6 Å². The van der Waals surface area contributed by atoms with Crippen LogP contribution in [0.15, 0.2) is 0 Å². The number of aromatic nitrogens is 1. The van der Waals surface area contributed by atoms with Crippen molar-refractivity contribution in [3.63, 3.8) is 0 Å². The first kappa shape index (κ1) is 12.6. The molecule has 2 saturated carbocycles. The van der Waals surface area contributed by atoms with Crippen LogP contribution in [0.4, 0.5) is 0 Å². The lowest BCUT2D eigenvalue weighted by molar-refractivity contribution is 0.595. The lowest BCUT2D eigenvalue weighted by Gasteiger charge is -2.04. The van der Waals surface area contributed by atoms with Gasteiger partial charge in [-0.25, -0.2) is 4.98 Å². The van der Waals surface area contributed by atoms with Crippen LogP contribution in [0.3, 0.4) is 0 Å². The minimum absolute atomic E-state index is 0.762. The van der Waals surface area contributed by atoms with Gasteiger partial charge in [0.1, 0.15) is 0 Å². The molecule has 0 saturated heterocycles. The van der Waals surface area contributed by atoms with E-state index in [0.717, 1.165) is 30.8 Å². The molecule has 0 amide bonds. The van der Waals surface area contributed by atoms with Crippen molar-refractivity contribution in [2.75, 3.05) is 6.54 Å². The van der Waals surface area contributed by atoms with Crippen molar-refractivity contribution in [2.24, 2.45) is 5.92 Å². The SMILES string of the molecule is CCNCc1sc(C2CCC(C)C2)nc1C1CC1. The molecule has 0 radical (unpaired) electrons. The summed E-state index contributed by atoms with van der Waals surface area (Å²) < 4.78 is 0. The summed E-state index contributed by atoms with van der Waals surface area (Å²) in [6.07, 6.45) is 6.84. The fourth-order valence-electron chi connectivity index (χ4n) is 3.03. The number of thiazole rings is 1. The molecule has 1 heterocycles. The number of nitrogens with one attached hydrogen (secondary N) is 1. The molecular weight excluding hydrogens is 240 g/mol. The highest BCUT2D eigenvalue weighted by atomic mass is 32.1. The van der Waals surface area contributed by atoms with Crippen LogP contribution in [0.25, 0.3) is 0 Å². The summed E-state index contributed by atoms with van der Waals surface area (Å²) in [5.74, 6) is 2.46. The maximum atomic E-state index is 5.02. The van der Waals surface area contributed by atoms with Crippen molar-refractivity contribution in [1.29, 1.82) is 0 Å². The smallest absolute Gasteiger partial charge is 0.0962 e. The molecule has 2 fully saturated rings. The third kappa shape index (κ3) is 2.62. The van der Waals surface area contributed by atoms with Gasteiger partial charge in [0.25, 0.3) is 0 Å². The van der Waals surface area contributed by atoms with Crippen LogP contribution < -0.4 is 5.32 Å². The summed E-state index contributed by atoms with van der Waals surface area (Å²) in [5, 5.41) is 4.91. The molecule has 2 aliphatic carbocycles. The Kier molecular flexibility index (Phi) is 3.71. The summed E-state index contributed by atoms with van der Waals surface area (Å²) in [4.78, 5) is 6.54. The van der Waals surface area contributed by atoms with Gasteiger partial charge in [0.15, 0.2) is 0 Å². The fraction of sp³-hybridized carbons (Fsp3) is 0.800. The van der Waals surface area contributed by atoms with Gasteiger partial charge in [-0.05, 0) is 38.1 Å². The lowest BCUT2D eigenvalue weighted by atomic mass is 10.1. The molecule has 0 aromatic carbocycles. The van der Waals surface area contributed by atoms with Crippen LogP contribution in [0.5, 0.6) is 0 Å². The quantitative estimate of drug-likeness (QED) is 0.868. The minimum atomic E-state index is 0.762. The average molecular weight is 264 g/mol. The molecule has 18 heavy (non-hydrogen) atoms. The predicted octanol–water partition coefficient (Wildman–Crippen LogP) is 4.03. The average Bonchev–Trinajstić information content (AvgIpc) is 2.98. The molecular formula is C15H24N2S. The van der Waals surface area contributed by atoms with E-state index in [4.69, 9.17) is 4.98 Å². The number of hydrogen-bond donors (Lipinski definition) is 1. The number of nitrogens with zero attached hydrogens (tertiary/aromatic N) is 1. The Hall–Kier alpha value is -0.410. The summed E-state index contributed by atoms with van der Waals surface area (Å²) in [7, 11) is 0. The maximum absolute atomic E-state index is 5.02. The third-order valence-corrected chi connectivity index (χ3v) is 5.52. The molecule has 1 aromatic heterocycles. The molecule has 1 N–H and O–H groups in total. The van der Waals surface area contributed by atoms with Crippen molar-refractivity contribution < 1.29 is 0 Å². The molecule has 2 aliphatic rings. The Morgan fingerprint density at radius 2 is 2.00 bits per heavy atom. The third-order valence-electron chi connectivity index (χ3n) is 4.29. The van der Waals surface area contributed by atoms with Gasteiger partial charge in [0, 0.05) is 23.3 Å². The number of hydrogen-bond acceptors (Lipinski definition) is 3. The van der Waals surface area contributed by atoms with E-state index >= 15 is 0 Å². The van der Waals surface area contributed by atoms with Crippen LogP contribution >= 0.6 is 11.3 Å². The van der Waals surface area contributed by atoms with E-state index < -0.39 is 0 Å². The van der Waals surface area contributed by atoms with Gasteiger partial charge in [-0.1, -0.05) is 20.3 Å². The zero-order valence-corrected chi connectivity index (χ0v) is 12.4. The van der Waals surface area contributed by atoms with Gasteiger partial charge in [-0.3, -0.25) is 0 Å². The van der Waals surface area contributed by atoms with E-state index in [1.165, 1.54) is 47.7 Å². The second kappa shape index (κ2) is 5.30. The van der Waals surface area contributed by atoms with Gasteiger partial charge in [-0.15, -0.1) is 11.3 Å². The normalized spacial score (nSPS) is 27.9. The lowest BCUT2D eigenvalue weighted by Crippen LogP contribution is -2.11. The van der Waals surface area contributed by atoms with E-state index in [9.17, 15) is 0 Å². The summed E-state index contributed by atoms with van der Waals surface area (Å²) in [6, 6.07) is 0. The molecule has 100 valence electrons. The van der Waals surface area contributed by atoms with Gasteiger partial charge in [0.05, 0.1) is 10.7 Å². The highest BCUT2D eigenvalue weighted by Crippen LogP contribution is 2.46. The second-order valence-electron chi connectivity index (χ2n) is 6.03. The van der Waals surface area contributed by atoms with Gasteiger partial charge in [0.2, 0.25) is 0 Å². The largest absolute Gasteiger partial charge is 0.312 e. The Labute approximate surface area is 114 Å². The maximum Gasteiger partial charge on any atom is 0.0962 e. The second-order valence-corrected chi connectivity index (χ2v) is 7.15. The molecule has 2 atom stereocenters. The molecule has 2 unspecified atom stereocenters. The van der Waals surface area contributed by atoms with Crippen LogP contribution in [0.1, 0.15) is 73.4 Å². The highest BCUT2D eigenvalue weighted by molar-refractivity contribution is 7.11. The Morgan fingerprint density at radius 3 is 2.61 bits per heavy atom. The fourth-order valence-corrected chi connectivity index (χ4v) is 4.30. The van der Waals surface area contributed by atoms with Crippen LogP contribution in [-0.4, -0.2) is 11.5 Å². The topological polar surface area (TPSA) is 24.9 Å². The van der Waals surface area contributed by atoms with Crippen LogP contribution in [0, 0.1) is 5.92 Å². The first-order valence-corrected chi connectivity index (χ1v) is 8.29. The van der Waals surface area contributed by atoms with Crippen LogP contribution in [0.2, 0.25) is 0 Å².